The van der Waals surface area contributed by atoms with Crippen molar-refractivity contribution in [2.24, 2.45) is 0 Å². The van der Waals surface area contributed by atoms with Crippen molar-refractivity contribution in [2.45, 2.75) is 83.1 Å². The maximum atomic E-state index is 4.83. The van der Waals surface area contributed by atoms with E-state index in [1.807, 2.05) is 118 Å². The molecule has 4 aromatic rings. The summed E-state index contributed by atoms with van der Waals surface area (Å²) in [4.78, 5) is 5.27. The van der Waals surface area contributed by atoms with Crippen LogP contribution in [0.1, 0.15) is 77.2 Å². The van der Waals surface area contributed by atoms with Crippen LogP contribution in [0, 0.1) is 27.7 Å². The van der Waals surface area contributed by atoms with Gasteiger partial charge in [-0.25, -0.2) is 0 Å². The highest BCUT2D eigenvalue weighted by molar-refractivity contribution is 7.09. The molecule has 0 radical (unpaired) electrons. The molecule has 0 aliphatic rings. The number of hydrogen-bond donors (Lipinski definition) is 0. The molecule has 0 aliphatic carbocycles. The molecule has 0 saturated heterocycles. The molecule has 0 saturated carbocycles. The Morgan fingerprint density at radius 2 is 1.15 bits per heavy atom. The SMILES string of the molecule is CC.CC.CC.CC.Cc1ccccc1.Cc1cccnc1.Cc1ccco1.Cc1cccs1. The highest BCUT2D eigenvalue weighted by Gasteiger charge is 1.76. The van der Waals surface area contributed by atoms with Gasteiger partial charge in [0, 0.05) is 17.3 Å². The van der Waals surface area contributed by atoms with Gasteiger partial charge in [-0.15, -0.1) is 11.3 Å². The van der Waals surface area contributed by atoms with E-state index in [9.17, 15) is 0 Å². The summed E-state index contributed by atoms with van der Waals surface area (Å²) in [6.45, 7) is 24.1. The average Bonchev–Trinajstić information content (AvgIpc) is 3.60. The molecule has 0 fully saturated rings. The molecule has 0 atom stereocenters. The minimum Gasteiger partial charge on any atom is -0.470 e. The number of benzene rings is 1. The van der Waals surface area contributed by atoms with Crippen LogP contribution in [0.5, 0.6) is 0 Å². The summed E-state index contributed by atoms with van der Waals surface area (Å²) in [7, 11) is 0. The first kappa shape index (κ1) is 38.6. The number of pyridine rings is 1. The highest BCUT2D eigenvalue weighted by Crippen LogP contribution is 2.03. The van der Waals surface area contributed by atoms with Gasteiger partial charge in [0.15, 0.2) is 0 Å². The smallest absolute Gasteiger partial charge is 0.100 e. The Morgan fingerprint density at radius 3 is 1.32 bits per heavy atom. The van der Waals surface area contributed by atoms with Crippen LogP contribution >= 0.6 is 11.3 Å². The summed E-state index contributed by atoms with van der Waals surface area (Å²) < 4.78 is 4.83. The lowest BCUT2D eigenvalue weighted by molar-refractivity contribution is 0.534. The van der Waals surface area contributed by atoms with Gasteiger partial charge in [-0.2, -0.15) is 0 Å². The van der Waals surface area contributed by atoms with Crippen molar-refractivity contribution in [3.05, 3.63) is 113 Å². The quantitative estimate of drug-likeness (QED) is 0.247. The Labute approximate surface area is 216 Å². The largest absolute Gasteiger partial charge is 0.470 e. The van der Waals surface area contributed by atoms with Crippen molar-refractivity contribution in [2.75, 3.05) is 0 Å². The van der Waals surface area contributed by atoms with Gasteiger partial charge in [-0.1, -0.05) is 103 Å². The Kier molecular flexibility index (Phi) is 39.7. The molecule has 34 heavy (non-hydrogen) atoms. The molecular formula is C31H51NOS. The van der Waals surface area contributed by atoms with E-state index in [0.717, 1.165) is 5.76 Å². The maximum Gasteiger partial charge on any atom is 0.100 e. The van der Waals surface area contributed by atoms with Gasteiger partial charge in [-0.05, 0) is 62.9 Å². The van der Waals surface area contributed by atoms with E-state index in [1.54, 1.807) is 23.8 Å². The first-order valence-corrected chi connectivity index (χ1v) is 13.3. The molecule has 0 unspecified atom stereocenters. The molecule has 2 nitrogen and oxygen atoms in total. The van der Waals surface area contributed by atoms with Gasteiger partial charge in [0.05, 0.1) is 6.26 Å². The van der Waals surface area contributed by atoms with Crippen LogP contribution in [0.3, 0.4) is 0 Å². The van der Waals surface area contributed by atoms with Gasteiger partial charge in [0.25, 0.3) is 0 Å². The van der Waals surface area contributed by atoms with Gasteiger partial charge < -0.3 is 4.42 Å². The van der Waals surface area contributed by atoms with Gasteiger partial charge >= 0.3 is 0 Å². The average molecular weight is 486 g/mol. The molecule has 3 aromatic heterocycles. The third-order valence-electron chi connectivity index (χ3n) is 3.08. The van der Waals surface area contributed by atoms with Gasteiger partial charge in [-0.3, -0.25) is 4.98 Å². The molecule has 3 heterocycles. The zero-order chi connectivity index (χ0) is 27.0. The van der Waals surface area contributed by atoms with E-state index in [-0.39, 0.29) is 0 Å². The Hall–Kier alpha value is -2.65. The second kappa shape index (κ2) is 35.0. The van der Waals surface area contributed by atoms with Crippen LogP contribution in [0.2, 0.25) is 0 Å². The van der Waals surface area contributed by atoms with E-state index in [2.05, 4.69) is 48.5 Å². The normalized spacial score (nSPS) is 7.41. The predicted molar refractivity (Wildman–Crippen MR) is 158 cm³/mol. The molecule has 0 N–H and O–H groups in total. The Balaban J connectivity index is -0.000000161. The number of aromatic nitrogens is 1. The zero-order valence-electron chi connectivity index (χ0n) is 23.9. The summed E-state index contributed by atoms with van der Waals surface area (Å²) >= 11 is 1.78. The monoisotopic (exact) mass is 485 g/mol. The molecule has 0 bridgehead atoms. The van der Waals surface area contributed by atoms with Crippen molar-refractivity contribution in [1.82, 2.24) is 4.98 Å². The minimum atomic E-state index is 0.968. The molecule has 0 aliphatic heterocycles. The van der Waals surface area contributed by atoms with Crippen molar-refractivity contribution in [1.29, 1.82) is 0 Å². The maximum absolute atomic E-state index is 4.83. The van der Waals surface area contributed by atoms with Crippen LogP contribution < -0.4 is 0 Å². The Morgan fingerprint density at radius 1 is 0.588 bits per heavy atom. The molecule has 192 valence electrons. The predicted octanol–water partition coefficient (Wildman–Crippen LogP) is 11.1. The molecule has 4 rings (SSSR count). The molecule has 0 amide bonds. The van der Waals surface area contributed by atoms with Crippen LogP contribution in [0.15, 0.2) is 95.2 Å². The fourth-order valence-electron chi connectivity index (χ4n) is 1.70. The van der Waals surface area contributed by atoms with Crippen molar-refractivity contribution < 1.29 is 4.42 Å². The van der Waals surface area contributed by atoms with Crippen molar-refractivity contribution in [3.8, 4) is 0 Å². The lowest BCUT2D eigenvalue weighted by Crippen LogP contribution is -1.69. The Bertz CT molecular complexity index is 695. The van der Waals surface area contributed by atoms with Crippen molar-refractivity contribution >= 4 is 11.3 Å². The fraction of sp³-hybridized carbons (Fsp3) is 0.387. The molecule has 3 heteroatoms. The van der Waals surface area contributed by atoms with E-state index in [4.69, 9.17) is 4.42 Å². The van der Waals surface area contributed by atoms with Crippen LogP contribution in [-0.2, 0) is 0 Å². The lowest BCUT2D eigenvalue weighted by atomic mass is 10.2. The second-order valence-corrected chi connectivity index (χ2v) is 6.78. The fourth-order valence-corrected chi connectivity index (χ4v) is 2.23. The van der Waals surface area contributed by atoms with Gasteiger partial charge in [0.2, 0.25) is 0 Å². The summed E-state index contributed by atoms with van der Waals surface area (Å²) in [5, 5.41) is 2.08. The third kappa shape index (κ3) is 31.5. The second-order valence-electron chi connectivity index (χ2n) is 5.63. The number of hydrogen-bond acceptors (Lipinski definition) is 3. The zero-order valence-corrected chi connectivity index (χ0v) is 24.7. The summed E-state index contributed by atoms with van der Waals surface area (Å²) in [6, 6.07) is 22.2. The number of thiophene rings is 1. The number of aryl methyl sites for hydroxylation is 4. The van der Waals surface area contributed by atoms with E-state index in [0.29, 0.717) is 0 Å². The number of rotatable bonds is 0. The number of furan rings is 1. The first-order valence-electron chi connectivity index (χ1n) is 12.5. The van der Waals surface area contributed by atoms with Crippen LogP contribution in [-0.4, -0.2) is 4.98 Å². The van der Waals surface area contributed by atoms with E-state index < -0.39 is 0 Å². The summed E-state index contributed by atoms with van der Waals surface area (Å²) in [5.74, 6) is 0.968. The standard InChI is InChI=1S/C7H8.C6H7N.C5H6O.C5H6S.4C2H6/c1-7-5-3-2-4-6-7;1-6-3-2-4-7-5-6;2*1-5-3-2-4-6-5;4*1-2/h2-6H,1H3;2-5H,1H3;2*2-4H,1H3;4*1-2H3. The number of nitrogens with zero attached hydrogens (tertiary/aromatic N) is 1. The van der Waals surface area contributed by atoms with E-state index in [1.165, 1.54) is 16.0 Å². The van der Waals surface area contributed by atoms with E-state index >= 15 is 0 Å². The summed E-state index contributed by atoms with van der Waals surface area (Å²) in [6.07, 6.45) is 5.27. The molecule has 1 aromatic carbocycles. The first-order chi connectivity index (χ1) is 16.6. The topological polar surface area (TPSA) is 26.0 Å². The molecule has 0 spiro atoms. The van der Waals surface area contributed by atoms with Crippen molar-refractivity contribution in [3.63, 3.8) is 0 Å². The lowest BCUT2D eigenvalue weighted by Gasteiger charge is -1.82. The minimum absolute atomic E-state index is 0.968. The highest BCUT2D eigenvalue weighted by atomic mass is 32.1. The third-order valence-corrected chi connectivity index (χ3v) is 3.88. The van der Waals surface area contributed by atoms with Gasteiger partial charge in [0.1, 0.15) is 5.76 Å². The summed E-state index contributed by atoms with van der Waals surface area (Å²) in [5.41, 5.74) is 2.53. The molecular weight excluding hydrogens is 434 g/mol. The van der Waals surface area contributed by atoms with Crippen LogP contribution in [0.4, 0.5) is 0 Å². The van der Waals surface area contributed by atoms with Crippen LogP contribution in [0.25, 0.3) is 0 Å².